The van der Waals surface area contributed by atoms with Gasteiger partial charge in [-0.1, -0.05) is 95.2 Å². The van der Waals surface area contributed by atoms with Crippen LogP contribution in [-0.2, 0) is 4.74 Å². The molecule has 0 amide bonds. The molecular weight excluding hydrogens is 256 g/mol. The van der Waals surface area contributed by atoms with Gasteiger partial charge in [0.15, 0.2) is 0 Å². The van der Waals surface area contributed by atoms with Gasteiger partial charge in [0.1, 0.15) is 0 Å². The first-order valence-corrected chi connectivity index (χ1v) is 8.29. The third-order valence-corrected chi connectivity index (χ3v) is 3.28. The smallest absolute Gasteiger partial charge is 0.0895 e. The topological polar surface area (TPSA) is 12.5 Å². The van der Waals surface area contributed by atoms with Crippen LogP contribution in [-0.4, -0.2) is 12.2 Å². The third kappa shape index (κ3) is 10.1. The SMILES string of the molecule is CC(C)(C)/C=C\C(C)(C)C.CC(C)(C)C1OC1C(C)(C)C. The Morgan fingerprint density at radius 3 is 0.857 bits per heavy atom. The zero-order valence-electron chi connectivity index (χ0n) is 16.7. The lowest BCUT2D eigenvalue weighted by Gasteiger charge is -2.19. The van der Waals surface area contributed by atoms with Crippen LogP contribution >= 0.6 is 0 Å². The van der Waals surface area contributed by atoms with E-state index in [1.165, 1.54) is 0 Å². The molecule has 1 heteroatoms. The molecule has 0 aliphatic carbocycles. The van der Waals surface area contributed by atoms with Crippen LogP contribution in [0.1, 0.15) is 83.1 Å². The fraction of sp³-hybridized carbons (Fsp3) is 0.900. The van der Waals surface area contributed by atoms with Crippen LogP contribution in [0.4, 0.5) is 0 Å². The molecule has 0 spiro atoms. The minimum Gasteiger partial charge on any atom is -0.368 e. The van der Waals surface area contributed by atoms with E-state index in [1.54, 1.807) is 0 Å². The van der Waals surface area contributed by atoms with Gasteiger partial charge in [-0.25, -0.2) is 0 Å². The molecule has 0 aromatic rings. The summed E-state index contributed by atoms with van der Waals surface area (Å²) in [6.45, 7) is 26.7. The molecule has 1 heterocycles. The zero-order chi connectivity index (χ0) is 17.3. The molecule has 2 atom stereocenters. The molecule has 1 nitrogen and oxygen atoms in total. The number of epoxide rings is 1. The van der Waals surface area contributed by atoms with Crippen molar-refractivity contribution < 1.29 is 4.74 Å². The number of ether oxygens (including phenoxy) is 1. The van der Waals surface area contributed by atoms with Crippen LogP contribution in [0.2, 0.25) is 0 Å². The molecule has 0 aromatic heterocycles. The van der Waals surface area contributed by atoms with E-state index in [2.05, 4.69) is 95.2 Å². The second kappa shape index (κ2) is 6.44. The highest BCUT2D eigenvalue weighted by Gasteiger charge is 2.52. The van der Waals surface area contributed by atoms with E-state index in [4.69, 9.17) is 4.74 Å². The number of hydrogen-bond donors (Lipinski definition) is 0. The minimum absolute atomic E-state index is 0.317. The molecule has 126 valence electrons. The van der Waals surface area contributed by atoms with Gasteiger partial charge in [-0.05, 0) is 21.7 Å². The number of rotatable bonds is 0. The normalized spacial score (nSPS) is 23.8. The molecule has 0 aromatic carbocycles. The van der Waals surface area contributed by atoms with Crippen molar-refractivity contribution in [3.05, 3.63) is 12.2 Å². The molecule has 0 N–H and O–H groups in total. The van der Waals surface area contributed by atoms with Gasteiger partial charge in [0.2, 0.25) is 0 Å². The molecule has 2 unspecified atom stereocenters. The van der Waals surface area contributed by atoms with Gasteiger partial charge in [-0.2, -0.15) is 0 Å². The van der Waals surface area contributed by atoms with Crippen LogP contribution in [0.25, 0.3) is 0 Å². The van der Waals surface area contributed by atoms with Crippen LogP contribution in [0.3, 0.4) is 0 Å². The Hall–Kier alpha value is -0.300. The van der Waals surface area contributed by atoms with E-state index in [0.29, 0.717) is 33.9 Å². The van der Waals surface area contributed by atoms with Gasteiger partial charge in [-0.3, -0.25) is 0 Å². The van der Waals surface area contributed by atoms with Crippen molar-refractivity contribution in [1.82, 2.24) is 0 Å². The summed E-state index contributed by atoms with van der Waals surface area (Å²) in [5, 5.41) is 0. The first-order valence-electron chi connectivity index (χ1n) is 8.29. The molecule has 1 fully saturated rings. The van der Waals surface area contributed by atoms with Crippen LogP contribution in [0.5, 0.6) is 0 Å². The van der Waals surface area contributed by atoms with Crippen LogP contribution in [0.15, 0.2) is 12.2 Å². The predicted molar refractivity (Wildman–Crippen MR) is 95.6 cm³/mol. The molecule has 21 heavy (non-hydrogen) atoms. The quantitative estimate of drug-likeness (QED) is 0.368. The van der Waals surface area contributed by atoms with E-state index in [9.17, 15) is 0 Å². The maximum atomic E-state index is 5.65. The summed E-state index contributed by atoms with van der Waals surface area (Å²) >= 11 is 0. The first kappa shape index (κ1) is 20.7. The van der Waals surface area contributed by atoms with Crippen molar-refractivity contribution in [3.8, 4) is 0 Å². The van der Waals surface area contributed by atoms with Gasteiger partial charge in [0.05, 0.1) is 12.2 Å². The molecule has 0 saturated carbocycles. The van der Waals surface area contributed by atoms with Crippen molar-refractivity contribution in [1.29, 1.82) is 0 Å². The standard InChI is InChI=1S/C10H20O.C10H20/c1-9(2,3)7-8(11-7)10(4,5)6;1-9(2,3)7-8-10(4,5)6/h7-8H,1-6H3;7-8H,1-6H3/b;8-7-. The Kier molecular flexibility index (Phi) is 6.35. The molecule has 1 aliphatic heterocycles. The minimum atomic E-state index is 0.317. The van der Waals surface area contributed by atoms with Crippen molar-refractivity contribution in [2.75, 3.05) is 0 Å². The van der Waals surface area contributed by atoms with E-state index in [-0.39, 0.29) is 0 Å². The summed E-state index contributed by atoms with van der Waals surface area (Å²) in [5.74, 6) is 0. The summed E-state index contributed by atoms with van der Waals surface area (Å²) in [7, 11) is 0. The highest BCUT2D eigenvalue weighted by atomic mass is 16.6. The Morgan fingerprint density at radius 1 is 0.524 bits per heavy atom. The second-order valence-electron chi connectivity index (χ2n) is 10.8. The van der Waals surface area contributed by atoms with E-state index in [1.807, 2.05) is 0 Å². The highest BCUT2D eigenvalue weighted by molar-refractivity contribution is 5.00. The lowest BCUT2D eigenvalue weighted by molar-refractivity contribution is 0.236. The monoisotopic (exact) mass is 296 g/mol. The highest BCUT2D eigenvalue weighted by Crippen LogP contribution is 2.46. The molecule has 1 rings (SSSR count). The maximum Gasteiger partial charge on any atom is 0.0895 e. The third-order valence-electron chi connectivity index (χ3n) is 3.28. The summed E-state index contributed by atoms with van der Waals surface area (Å²) in [6, 6.07) is 0. The Bertz CT molecular complexity index is 302. The van der Waals surface area contributed by atoms with Gasteiger partial charge in [-0.15, -0.1) is 0 Å². The average Bonchev–Trinajstić information content (AvgIpc) is 2.90. The van der Waals surface area contributed by atoms with Gasteiger partial charge >= 0.3 is 0 Å². The van der Waals surface area contributed by atoms with E-state index in [0.717, 1.165) is 0 Å². The van der Waals surface area contributed by atoms with Crippen molar-refractivity contribution in [2.45, 2.75) is 95.3 Å². The number of allylic oxidation sites excluding steroid dienone is 2. The molecular formula is C20H40O. The lowest BCUT2D eigenvalue weighted by Crippen LogP contribution is -2.23. The van der Waals surface area contributed by atoms with Crippen LogP contribution in [0, 0.1) is 21.7 Å². The van der Waals surface area contributed by atoms with Crippen molar-refractivity contribution in [3.63, 3.8) is 0 Å². The summed E-state index contributed by atoms with van der Waals surface area (Å²) in [6.07, 6.45) is 5.49. The van der Waals surface area contributed by atoms with Crippen LogP contribution < -0.4 is 0 Å². The second-order valence-corrected chi connectivity index (χ2v) is 10.8. The summed E-state index contributed by atoms with van der Waals surface area (Å²) in [5.41, 5.74) is 1.29. The Labute approximate surface area is 134 Å². The number of hydrogen-bond acceptors (Lipinski definition) is 1. The lowest BCUT2D eigenvalue weighted by atomic mass is 9.81. The molecule has 0 bridgehead atoms. The Balaban J connectivity index is 0.000000384. The molecule has 1 saturated heterocycles. The fourth-order valence-corrected chi connectivity index (χ4v) is 1.93. The summed E-state index contributed by atoms with van der Waals surface area (Å²) < 4.78 is 5.65. The van der Waals surface area contributed by atoms with Crippen molar-refractivity contribution in [2.24, 2.45) is 21.7 Å². The van der Waals surface area contributed by atoms with E-state index < -0.39 is 0 Å². The molecule has 1 aliphatic rings. The fourth-order valence-electron chi connectivity index (χ4n) is 1.93. The summed E-state index contributed by atoms with van der Waals surface area (Å²) in [4.78, 5) is 0. The predicted octanol–water partition coefficient (Wildman–Crippen LogP) is 6.48. The Morgan fingerprint density at radius 2 is 0.762 bits per heavy atom. The maximum absolute atomic E-state index is 5.65. The molecule has 0 radical (unpaired) electrons. The average molecular weight is 297 g/mol. The van der Waals surface area contributed by atoms with Gasteiger partial charge in [0, 0.05) is 0 Å². The van der Waals surface area contributed by atoms with Gasteiger partial charge in [0.25, 0.3) is 0 Å². The van der Waals surface area contributed by atoms with E-state index >= 15 is 0 Å². The van der Waals surface area contributed by atoms with Crippen molar-refractivity contribution >= 4 is 0 Å². The van der Waals surface area contributed by atoms with Gasteiger partial charge < -0.3 is 4.74 Å². The first-order chi connectivity index (χ1) is 8.93. The zero-order valence-corrected chi connectivity index (χ0v) is 16.7. The largest absolute Gasteiger partial charge is 0.368 e.